The van der Waals surface area contributed by atoms with Crippen molar-refractivity contribution in [1.29, 1.82) is 0 Å². The highest BCUT2D eigenvalue weighted by Gasteiger charge is 2.68. The standard InChI is InChI=1S/C30H42NO4S.HI/c1-7-15-31-16-11-22(12-17-31)36-19-25(33)35-24-18-28(5,8-2)27(34)21(4)30-13-9-20(3)29(24,6)26(30)23(32)10-14-30;/h7-8,11-12,16-17,20-21,24,26-27,34H,1-2,9-10,13-15,18-19H2,3-6H3;1H/q+1;/p-1/t20-,21+,24-,26+,27+,28-,29+,30+;/m1./s1. The van der Waals surface area contributed by atoms with E-state index in [0.29, 0.717) is 12.8 Å². The molecule has 0 radical (unpaired) electrons. The smallest absolute Gasteiger partial charge is 0.316 e. The Morgan fingerprint density at radius 2 is 1.92 bits per heavy atom. The van der Waals surface area contributed by atoms with Crippen molar-refractivity contribution in [2.24, 2.45) is 34.0 Å². The Morgan fingerprint density at radius 3 is 2.54 bits per heavy atom. The highest BCUT2D eigenvalue weighted by molar-refractivity contribution is 8.00. The molecule has 0 aromatic carbocycles. The number of pyridine rings is 1. The van der Waals surface area contributed by atoms with Crippen LogP contribution in [0.3, 0.4) is 0 Å². The normalized spacial score (nSPS) is 38.9. The summed E-state index contributed by atoms with van der Waals surface area (Å²) in [6, 6.07) is 3.97. The lowest BCUT2D eigenvalue weighted by molar-refractivity contribution is -0.687. The Balaban J connectivity index is 0.00000380. The SMILES string of the molecule is C=CC[n+]1ccc(SCC(=O)O[C@@H]2C[C@@](C)(C=C)[C@@H](O)[C@H](C)[C@]34CCC(=O)[C@H]3[C@@]2(C)[C@H](C)CC4)cc1.[I-]. The Morgan fingerprint density at radius 1 is 1.24 bits per heavy atom. The average Bonchev–Trinajstić information content (AvgIpc) is 3.22. The Kier molecular flexibility index (Phi) is 9.44. The van der Waals surface area contributed by atoms with E-state index in [1.165, 1.54) is 11.8 Å². The van der Waals surface area contributed by atoms with Crippen LogP contribution in [0.5, 0.6) is 0 Å². The van der Waals surface area contributed by atoms with Crippen molar-refractivity contribution >= 4 is 23.5 Å². The number of aromatic nitrogens is 1. The molecule has 0 unspecified atom stereocenters. The van der Waals surface area contributed by atoms with Crippen LogP contribution in [0.1, 0.15) is 59.8 Å². The van der Waals surface area contributed by atoms with E-state index in [1.54, 1.807) is 0 Å². The van der Waals surface area contributed by atoms with Crippen molar-refractivity contribution in [3.8, 4) is 0 Å². The number of hydrogen-bond donors (Lipinski definition) is 1. The lowest BCUT2D eigenvalue weighted by Gasteiger charge is -2.61. The average molecular weight is 640 g/mol. The van der Waals surface area contributed by atoms with Crippen LogP contribution in [-0.2, 0) is 20.9 Å². The second kappa shape index (κ2) is 11.5. The Bertz CT molecular complexity index is 1030. The minimum atomic E-state index is -0.650. The van der Waals surface area contributed by atoms with Crippen molar-refractivity contribution in [3.63, 3.8) is 0 Å². The van der Waals surface area contributed by atoms with Gasteiger partial charge in [0.25, 0.3) is 0 Å². The van der Waals surface area contributed by atoms with Gasteiger partial charge in [-0.3, -0.25) is 9.59 Å². The molecule has 37 heavy (non-hydrogen) atoms. The van der Waals surface area contributed by atoms with Gasteiger partial charge >= 0.3 is 5.97 Å². The summed E-state index contributed by atoms with van der Waals surface area (Å²) in [5.74, 6) is 0.190. The minimum Gasteiger partial charge on any atom is -1.00 e. The maximum absolute atomic E-state index is 13.5. The van der Waals surface area contributed by atoms with E-state index in [4.69, 9.17) is 4.74 Å². The van der Waals surface area contributed by atoms with E-state index in [0.717, 1.165) is 30.7 Å². The number of thioether (sulfide) groups is 1. The van der Waals surface area contributed by atoms with Crippen LogP contribution in [0.4, 0.5) is 0 Å². The van der Waals surface area contributed by atoms with Gasteiger partial charge in [0.15, 0.2) is 18.9 Å². The minimum absolute atomic E-state index is 0. The van der Waals surface area contributed by atoms with Crippen LogP contribution < -0.4 is 28.5 Å². The van der Waals surface area contributed by atoms with Crippen molar-refractivity contribution < 1.29 is 48.0 Å². The molecule has 3 aliphatic carbocycles. The predicted octanol–water partition coefficient (Wildman–Crippen LogP) is 2.16. The third-order valence-corrected chi connectivity index (χ3v) is 11.1. The molecule has 2 bridgehead atoms. The molecule has 8 atom stereocenters. The number of ketones is 1. The molecule has 204 valence electrons. The third-order valence-electron chi connectivity index (χ3n) is 10.1. The van der Waals surface area contributed by atoms with Gasteiger partial charge in [-0.25, -0.2) is 4.57 Å². The van der Waals surface area contributed by atoms with E-state index in [9.17, 15) is 14.7 Å². The first-order valence-corrected chi connectivity index (χ1v) is 14.3. The van der Waals surface area contributed by atoms with E-state index in [1.807, 2.05) is 48.2 Å². The molecule has 5 nitrogen and oxygen atoms in total. The fourth-order valence-electron chi connectivity index (χ4n) is 7.65. The molecule has 0 spiro atoms. The summed E-state index contributed by atoms with van der Waals surface area (Å²) in [7, 11) is 0. The third kappa shape index (κ3) is 5.21. The van der Waals surface area contributed by atoms with Crippen molar-refractivity contribution in [3.05, 3.63) is 49.8 Å². The summed E-state index contributed by atoms with van der Waals surface area (Å²) in [6.07, 6.45) is 10.2. The van der Waals surface area contributed by atoms with Crippen LogP contribution in [-0.4, -0.2) is 34.8 Å². The summed E-state index contributed by atoms with van der Waals surface area (Å²) < 4.78 is 8.33. The quantitative estimate of drug-likeness (QED) is 0.163. The molecule has 0 saturated heterocycles. The number of carbonyl (C=O) groups excluding carboxylic acids is 2. The number of rotatable bonds is 7. The van der Waals surface area contributed by atoms with Gasteiger partial charge < -0.3 is 33.8 Å². The van der Waals surface area contributed by atoms with Gasteiger partial charge in [0.1, 0.15) is 11.9 Å². The van der Waals surface area contributed by atoms with Crippen LogP contribution >= 0.6 is 11.8 Å². The maximum atomic E-state index is 13.5. The highest BCUT2D eigenvalue weighted by atomic mass is 127. The van der Waals surface area contributed by atoms with E-state index in [2.05, 4.69) is 33.9 Å². The topological polar surface area (TPSA) is 67.5 Å². The number of carbonyl (C=O) groups is 2. The monoisotopic (exact) mass is 639 g/mol. The number of Topliss-reactive ketones (excluding diaryl/α,β-unsaturated/α-hetero) is 1. The van der Waals surface area contributed by atoms with E-state index < -0.39 is 23.0 Å². The van der Waals surface area contributed by atoms with Gasteiger partial charge in [-0.15, -0.1) is 18.3 Å². The van der Waals surface area contributed by atoms with Crippen LogP contribution in [0.2, 0.25) is 0 Å². The van der Waals surface area contributed by atoms with Crippen molar-refractivity contribution in [2.45, 2.75) is 83.4 Å². The van der Waals surface area contributed by atoms with Gasteiger partial charge in [0.2, 0.25) is 0 Å². The van der Waals surface area contributed by atoms with E-state index in [-0.39, 0.29) is 64.7 Å². The number of aliphatic hydroxyl groups excluding tert-OH is 1. The summed E-state index contributed by atoms with van der Waals surface area (Å²) in [5, 5.41) is 11.6. The summed E-state index contributed by atoms with van der Waals surface area (Å²) >= 11 is 1.45. The molecule has 0 aliphatic heterocycles. The lowest BCUT2D eigenvalue weighted by atomic mass is 9.44. The van der Waals surface area contributed by atoms with Crippen LogP contribution in [0.15, 0.2) is 54.7 Å². The zero-order chi connectivity index (χ0) is 26.3. The fourth-order valence-corrected chi connectivity index (χ4v) is 8.31. The van der Waals surface area contributed by atoms with Crippen molar-refractivity contribution in [1.82, 2.24) is 0 Å². The second-order valence-corrected chi connectivity index (χ2v) is 12.9. The zero-order valence-electron chi connectivity index (χ0n) is 22.6. The maximum Gasteiger partial charge on any atom is 0.316 e. The van der Waals surface area contributed by atoms with Crippen LogP contribution in [0, 0.1) is 34.0 Å². The van der Waals surface area contributed by atoms with Gasteiger partial charge in [0, 0.05) is 40.2 Å². The molecular weight excluding hydrogens is 597 g/mol. The molecule has 1 N–H and O–H groups in total. The lowest BCUT2D eigenvalue weighted by Crippen LogP contribution is -3.00. The number of allylic oxidation sites excluding steroid dienone is 1. The number of halogens is 1. The second-order valence-electron chi connectivity index (χ2n) is 11.9. The van der Waals surface area contributed by atoms with Gasteiger partial charge in [-0.1, -0.05) is 40.3 Å². The highest BCUT2D eigenvalue weighted by Crippen LogP contribution is 2.68. The van der Waals surface area contributed by atoms with Crippen LogP contribution in [0.25, 0.3) is 0 Å². The summed E-state index contributed by atoms with van der Waals surface area (Å²) in [4.78, 5) is 27.7. The Labute approximate surface area is 243 Å². The first kappa shape index (κ1) is 30.4. The zero-order valence-corrected chi connectivity index (χ0v) is 25.6. The molecule has 1 aromatic rings. The summed E-state index contributed by atoms with van der Waals surface area (Å²) in [6.45, 7) is 17.1. The number of esters is 1. The first-order chi connectivity index (χ1) is 17.0. The van der Waals surface area contributed by atoms with Crippen molar-refractivity contribution in [2.75, 3.05) is 5.75 Å². The number of nitrogens with zero attached hydrogens (tertiary/aromatic N) is 1. The molecule has 3 saturated carbocycles. The largest absolute Gasteiger partial charge is 1.00 e. The molecule has 1 aromatic heterocycles. The fraction of sp³-hybridized carbons (Fsp3) is 0.633. The molecule has 0 amide bonds. The van der Waals surface area contributed by atoms with Gasteiger partial charge in [0.05, 0.1) is 11.9 Å². The molecular formula is C30H42INO4S. The van der Waals surface area contributed by atoms with E-state index >= 15 is 0 Å². The number of ether oxygens (including phenoxy) is 1. The summed E-state index contributed by atoms with van der Waals surface area (Å²) in [5.41, 5.74) is -1.35. The molecule has 4 rings (SSSR count). The number of aliphatic hydroxyl groups is 1. The Hall–Kier alpha value is -1.19. The first-order valence-electron chi connectivity index (χ1n) is 13.3. The molecule has 7 heteroatoms. The van der Waals surface area contributed by atoms with Gasteiger partial charge in [-0.05, 0) is 49.0 Å². The molecule has 3 fully saturated rings. The van der Waals surface area contributed by atoms with Gasteiger partial charge in [-0.2, -0.15) is 0 Å². The molecule has 3 aliphatic rings. The number of hydrogen-bond acceptors (Lipinski definition) is 5. The predicted molar refractivity (Wildman–Crippen MR) is 142 cm³/mol. The molecule has 1 heterocycles.